The Balaban J connectivity index is 1.82. The molecule has 4 aromatic rings. The summed E-state index contributed by atoms with van der Waals surface area (Å²) in [6.45, 7) is 18.8. The maximum absolute atomic E-state index is 14.1. The first-order valence-electron chi connectivity index (χ1n) is 13.8. The molecule has 0 saturated carbocycles. The Morgan fingerprint density at radius 3 is 2.51 bits per heavy atom. The Morgan fingerprint density at radius 1 is 1.15 bits per heavy atom. The molecule has 4 aromatic heterocycles. The van der Waals surface area contributed by atoms with Crippen LogP contribution in [0.3, 0.4) is 0 Å². The van der Waals surface area contributed by atoms with Gasteiger partial charge in [0.2, 0.25) is 5.91 Å². The third kappa shape index (κ3) is 5.06. The molecule has 1 aliphatic heterocycles. The summed E-state index contributed by atoms with van der Waals surface area (Å²) in [5, 5.41) is 1.16. The number of rotatable bonds is 5. The summed E-state index contributed by atoms with van der Waals surface area (Å²) in [5.74, 6) is 0.468. The van der Waals surface area contributed by atoms with Crippen LogP contribution in [0.5, 0.6) is 0 Å². The van der Waals surface area contributed by atoms with Crippen LogP contribution in [0.4, 0.5) is 5.82 Å². The van der Waals surface area contributed by atoms with Crippen molar-refractivity contribution in [2.24, 2.45) is 0 Å². The molecule has 8 nitrogen and oxygen atoms in total. The number of aromatic nitrogens is 4. The zero-order valence-corrected chi connectivity index (χ0v) is 26.1. The van der Waals surface area contributed by atoms with Crippen molar-refractivity contribution in [2.45, 2.75) is 66.5 Å². The minimum Gasteiger partial charge on any atom is -0.349 e. The van der Waals surface area contributed by atoms with Gasteiger partial charge >= 0.3 is 5.69 Å². The monoisotopic (exact) mass is 590 g/mol. The largest absolute Gasteiger partial charge is 0.355 e. The van der Waals surface area contributed by atoms with Gasteiger partial charge in [-0.1, -0.05) is 32.0 Å². The van der Waals surface area contributed by atoms with E-state index >= 15 is 0 Å². The van der Waals surface area contributed by atoms with Gasteiger partial charge in [0.05, 0.1) is 27.5 Å². The fourth-order valence-corrected chi connectivity index (χ4v) is 6.89. The van der Waals surface area contributed by atoms with E-state index in [0.717, 1.165) is 26.6 Å². The summed E-state index contributed by atoms with van der Waals surface area (Å²) in [5.41, 5.74) is 4.00. The summed E-state index contributed by atoms with van der Waals surface area (Å²) in [7, 11) is 0. The Morgan fingerprint density at radius 2 is 1.88 bits per heavy atom. The van der Waals surface area contributed by atoms with Crippen LogP contribution in [-0.4, -0.2) is 55.5 Å². The molecule has 1 aliphatic rings. The predicted molar refractivity (Wildman–Crippen MR) is 168 cm³/mol. The van der Waals surface area contributed by atoms with Gasteiger partial charge in [0.1, 0.15) is 5.82 Å². The van der Waals surface area contributed by atoms with Crippen molar-refractivity contribution < 1.29 is 4.79 Å². The maximum atomic E-state index is 14.1. The highest BCUT2D eigenvalue weighted by atomic mass is 35.5. The van der Waals surface area contributed by atoms with Crippen LogP contribution in [0.15, 0.2) is 41.8 Å². The number of aryl methyl sites for hydroxylation is 3. The van der Waals surface area contributed by atoms with E-state index in [0.29, 0.717) is 46.3 Å². The molecule has 2 unspecified atom stereocenters. The zero-order valence-electron chi connectivity index (χ0n) is 24.5. The van der Waals surface area contributed by atoms with E-state index in [1.54, 1.807) is 27.0 Å². The van der Waals surface area contributed by atoms with Gasteiger partial charge < -0.3 is 9.80 Å². The van der Waals surface area contributed by atoms with Gasteiger partial charge in [-0.2, -0.15) is 4.98 Å². The molecule has 0 bridgehead atoms. The van der Waals surface area contributed by atoms with Crippen LogP contribution in [0.25, 0.3) is 28.0 Å². The van der Waals surface area contributed by atoms with Crippen molar-refractivity contribution >= 4 is 45.7 Å². The molecule has 10 heteroatoms. The van der Waals surface area contributed by atoms with Crippen LogP contribution in [-0.2, 0) is 4.79 Å². The van der Waals surface area contributed by atoms with E-state index in [4.69, 9.17) is 16.6 Å². The number of carbonyl (C=O) groups is 1. The van der Waals surface area contributed by atoms with Crippen molar-refractivity contribution in [3.63, 3.8) is 0 Å². The van der Waals surface area contributed by atoms with Gasteiger partial charge in [-0.15, -0.1) is 11.3 Å². The second kappa shape index (κ2) is 11.0. The van der Waals surface area contributed by atoms with E-state index in [-0.39, 0.29) is 23.9 Å². The highest BCUT2D eigenvalue weighted by molar-refractivity contribution is 7.12. The lowest BCUT2D eigenvalue weighted by molar-refractivity contribution is -0.128. The molecular formula is C31H35ClN6O2S. The first-order chi connectivity index (χ1) is 19.4. The van der Waals surface area contributed by atoms with Crippen molar-refractivity contribution in [1.82, 2.24) is 24.4 Å². The number of anilines is 1. The number of fused-ring (bicyclic) bond motifs is 1. The number of thiophene rings is 1. The Hall–Kier alpha value is -3.56. The van der Waals surface area contributed by atoms with Crippen LogP contribution in [0.2, 0.25) is 5.02 Å². The zero-order chi connectivity index (χ0) is 29.7. The standard InChI is InChI=1S/C31H35ClN6O2S/c1-9-25(39)36-14-19(6)37(15-18(36)5)29-23-13-24(32)27(22-12-20(7)41-21(22)8)34-30(23)38(31(40)35-29)28-17(4)10-11-33-26(28)16(2)3/h9-13,16,18-19H,1,14-15H2,2-8H3. The topological polar surface area (TPSA) is 84.2 Å². The fraction of sp³-hybridized carbons (Fsp3) is 0.387. The number of pyridine rings is 2. The smallest absolute Gasteiger partial charge is 0.349 e. The molecule has 5 rings (SSSR count). The molecule has 1 fully saturated rings. The van der Waals surface area contributed by atoms with Gasteiger partial charge in [0.15, 0.2) is 5.65 Å². The molecule has 1 amide bonds. The van der Waals surface area contributed by atoms with E-state index < -0.39 is 5.69 Å². The summed E-state index contributed by atoms with van der Waals surface area (Å²) in [6, 6.07) is 5.65. The Kier molecular flexibility index (Phi) is 7.78. The normalized spacial score (nSPS) is 17.5. The molecule has 0 aromatic carbocycles. The van der Waals surface area contributed by atoms with Crippen molar-refractivity contribution in [1.29, 1.82) is 0 Å². The number of hydrogen-bond acceptors (Lipinski definition) is 7. The van der Waals surface area contributed by atoms with E-state index in [1.807, 2.05) is 32.9 Å². The molecule has 0 spiro atoms. The van der Waals surface area contributed by atoms with Gasteiger partial charge in [0, 0.05) is 46.7 Å². The predicted octanol–water partition coefficient (Wildman–Crippen LogP) is 6.22. The van der Waals surface area contributed by atoms with Crippen molar-refractivity contribution in [2.75, 3.05) is 18.0 Å². The fourth-order valence-electron chi connectivity index (χ4n) is 5.71. The second-order valence-corrected chi connectivity index (χ2v) is 13.0. The third-order valence-electron chi connectivity index (χ3n) is 7.74. The quantitative estimate of drug-likeness (QED) is 0.257. The highest BCUT2D eigenvalue weighted by Crippen LogP contribution is 2.38. The van der Waals surface area contributed by atoms with Crippen LogP contribution in [0, 0.1) is 20.8 Å². The molecule has 2 atom stereocenters. The lowest BCUT2D eigenvalue weighted by atomic mass is 10.0. The highest BCUT2D eigenvalue weighted by Gasteiger charge is 2.34. The lowest BCUT2D eigenvalue weighted by Gasteiger charge is -2.44. The lowest BCUT2D eigenvalue weighted by Crippen LogP contribution is -2.58. The molecule has 0 N–H and O–H groups in total. The average molecular weight is 591 g/mol. The first kappa shape index (κ1) is 29.0. The van der Waals surface area contributed by atoms with Gasteiger partial charge in [0.25, 0.3) is 0 Å². The Bertz CT molecular complexity index is 1740. The van der Waals surface area contributed by atoms with Gasteiger partial charge in [-0.05, 0) is 70.4 Å². The first-order valence-corrected chi connectivity index (χ1v) is 15.0. The maximum Gasteiger partial charge on any atom is 0.355 e. The minimum absolute atomic E-state index is 0.0661. The summed E-state index contributed by atoms with van der Waals surface area (Å²) in [6.07, 6.45) is 3.11. The van der Waals surface area contributed by atoms with E-state index in [9.17, 15) is 9.59 Å². The van der Waals surface area contributed by atoms with Crippen molar-refractivity contribution in [3.8, 4) is 16.9 Å². The molecule has 5 heterocycles. The van der Waals surface area contributed by atoms with Crippen LogP contribution >= 0.6 is 22.9 Å². The van der Waals surface area contributed by atoms with Gasteiger partial charge in [-0.25, -0.2) is 14.3 Å². The number of carbonyl (C=O) groups excluding carboxylic acids is 1. The molecule has 214 valence electrons. The molecule has 0 radical (unpaired) electrons. The number of nitrogens with zero attached hydrogens (tertiary/aromatic N) is 6. The summed E-state index contributed by atoms with van der Waals surface area (Å²) >= 11 is 8.65. The van der Waals surface area contributed by atoms with Gasteiger partial charge in [-0.3, -0.25) is 9.78 Å². The van der Waals surface area contributed by atoms with E-state index in [1.165, 1.54) is 6.08 Å². The van der Waals surface area contributed by atoms with Crippen molar-refractivity contribution in [3.05, 3.63) is 73.6 Å². The SMILES string of the molecule is C=CC(=O)N1CC(C)N(c2nc(=O)n(-c3c(C)ccnc3C(C)C)c3nc(-c4cc(C)sc4C)c(Cl)cc23)CC1C. The number of piperazine rings is 1. The summed E-state index contributed by atoms with van der Waals surface area (Å²) < 4.78 is 1.59. The summed E-state index contributed by atoms with van der Waals surface area (Å²) in [4.78, 5) is 47.2. The Labute approximate surface area is 249 Å². The second-order valence-electron chi connectivity index (χ2n) is 11.1. The third-order valence-corrected chi connectivity index (χ3v) is 8.99. The number of amides is 1. The van der Waals surface area contributed by atoms with Crippen LogP contribution in [0.1, 0.15) is 54.6 Å². The average Bonchev–Trinajstić information content (AvgIpc) is 3.26. The molecular weight excluding hydrogens is 556 g/mol. The number of hydrogen-bond donors (Lipinski definition) is 0. The molecule has 41 heavy (non-hydrogen) atoms. The minimum atomic E-state index is -0.436. The van der Waals surface area contributed by atoms with E-state index in [2.05, 4.69) is 55.2 Å². The molecule has 0 aliphatic carbocycles. The molecule has 1 saturated heterocycles. The number of halogens is 1. The van der Waals surface area contributed by atoms with Crippen LogP contribution < -0.4 is 10.6 Å².